The molecule has 9 heteroatoms. The predicted molar refractivity (Wildman–Crippen MR) is 124 cm³/mol. The maximum Gasteiger partial charge on any atom is 0.220 e. The van der Waals surface area contributed by atoms with E-state index in [1.54, 1.807) is 36.4 Å². The van der Waals surface area contributed by atoms with Crippen molar-refractivity contribution in [1.29, 1.82) is 0 Å². The Morgan fingerprint density at radius 3 is 2.66 bits per heavy atom. The van der Waals surface area contributed by atoms with Gasteiger partial charge in [-0.15, -0.1) is 0 Å². The average Bonchev–Trinajstić information content (AvgIpc) is 2.83. The van der Waals surface area contributed by atoms with Crippen molar-refractivity contribution in [3.63, 3.8) is 0 Å². The van der Waals surface area contributed by atoms with Gasteiger partial charge >= 0.3 is 0 Å². The van der Waals surface area contributed by atoms with Crippen LogP contribution in [0.5, 0.6) is 17.2 Å². The van der Waals surface area contributed by atoms with E-state index in [0.29, 0.717) is 53.6 Å². The number of aromatic nitrogens is 1. The normalized spacial score (nSPS) is 21.9. The Morgan fingerprint density at radius 1 is 1.06 bits per heavy atom. The molecular weight excluding hydrogens is 456 g/mol. The fourth-order valence-electron chi connectivity index (χ4n) is 4.71. The van der Waals surface area contributed by atoms with Crippen LogP contribution in [0.1, 0.15) is 18.1 Å². The third kappa shape index (κ3) is 3.62. The zero-order chi connectivity index (χ0) is 24.2. The number of rotatable bonds is 4. The SMILES string of the molecule is CC1(COc2cc(F)c3c(c2)[C@]2(COCC(N)=N2)c2cc(-c4cccnc4F)ccc2O3)COC1. The van der Waals surface area contributed by atoms with Crippen molar-refractivity contribution in [2.75, 3.05) is 33.0 Å². The molecule has 35 heavy (non-hydrogen) atoms. The summed E-state index contributed by atoms with van der Waals surface area (Å²) in [5, 5.41) is 0. The highest BCUT2D eigenvalue weighted by atomic mass is 19.1. The lowest BCUT2D eigenvalue weighted by Gasteiger charge is -2.40. The van der Waals surface area contributed by atoms with Crippen LogP contribution in [0.25, 0.3) is 11.1 Å². The molecule has 3 aliphatic rings. The lowest BCUT2D eigenvalue weighted by Crippen LogP contribution is -2.44. The molecule has 0 saturated carbocycles. The van der Waals surface area contributed by atoms with Gasteiger partial charge in [-0.3, -0.25) is 4.99 Å². The molecule has 1 atom stereocenters. The van der Waals surface area contributed by atoms with Crippen molar-refractivity contribution in [2.24, 2.45) is 16.1 Å². The Hall–Kier alpha value is -3.56. The minimum absolute atomic E-state index is 0.0328. The molecule has 1 fully saturated rings. The summed E-state index contributed by atoms with van der Waals surface area (Å²) < 4.78 is 52.9. The van der Waals surface area contributed by atoms with Gasteiger partial charge in [0, 0.05) is 34.4 Å². The molecule has 6 rings (SSSR count). The molecule has 0 radical (unpaired) electrons. The maximum absolute atomic E-state index is 15.4. The molecule has 7 nitrogen and oxygen atoms in total. The van der Waals surface area contributed by atoms with Crippen molar-refractivity contribution in [2.45, 2.75) is 12.5 Å². The summed E-state index contributed by atoms with van der Waals surface area (Å²) in [4.78, 5) is 8.52. The quantitative estimate of drug-likeness (QED) is 0.565. The molecule has 0 aliphatic carbocycles. The minimum atomic E-state index is -1.19. The molecule has 0 amide bonds. The van der Waals surface area contributed by atoms with E-state index in [9.17, 15) is 4.39 Å². The molecule has 2 N–H and O–H groups in total. The number of pyridine rings is 1. The topological polar surface area (TPSA) is 88.2 Å². The zero-order valence-corrected chi connectivity index (χ0v) is 19.0. The van der Waals surface area contributed by atoms with Gasteiger partial charge in [0.25, 0.3) is 0 Å². The molecule has 3 aromatic rings. The van der Waals surface area contributed by atoms with Crippen molar-refractivity contribution >= 4 is 5.84 Å². The number of fused-ring (bicyclic) bond motifs is 4. The largest absolute Gasteiger partial charge is 0.493 e. The number of amidine groups is 1. The van der Waals surface area contributed by atoms with E-state index in [4.69, 9.17) is 29.7 Å². The zero-order valence-electron chi connectivity index (χ0n) is 19.0. The Labute approximate surface area is 200 Å². The molecule has 3 aliphatic heterocycles. The highest BCUT2D eigenvalue weighted by molar-refractivity contribution is 5.84. The van der Waals surface area contributed by atoms with Crippen LogP contribution in [0.2, 0.25) is 0 Å². The number of nitrogens with zero attached hydrogens (tertiary/aromatic N) is 2. The van der Waals surface area contributed by atoms with Crippen LogP contribution in [-0.2, 0) is 15.0 Å². The lowest BCUT2D eigenvalue weighted by atomic mass is 9.79. The molecule has 1 saturated heterocycles. The Bertz CT molecular complexity index is 1360. The number of nitrogens with two attached hydrogens (primary N) is 1. The second-order valence-electron chi connectivity index (χ2n) is 9.48. The first-order chi connectivity index (χ1) is 16.9. The monoisotopic (exact) mass is 479 g/mol. The summed E-state index contributed by atoms with van der Waals surface area (Å²) in [5.74, 6) is -0.158. The van der Waals surface area contributed by atoms with Crippen LogP contribution in [0, 0.1) is 17.2 Å². The molecule has 1 aromatic heterocycles. The molecule has 2 aromatic carbocycles. The second-order valence-corrected chi connectivity index (χ2v) is 9.48. The van der Waals surface area contributed by atoms with E-state index < -0.39 is 17.3 Å². The Balaban J connectivity index is 1.49. The molecule has 4 heterocycles. The highest BCUT2D eigenvalue weighted by Gasteiger charge is 2.46. The van der Waals surface area contributed by atoms with Crippen LogP contribution >= 0.6 is 0 Å². The van der Waals surface area contributed by atoms with Gasteiger partial charge in [-0.05, 0) is 35.9 Å². The fourth-order valence-corrected chi connectivity index (χ4v) is 4.71. The molecule has 0 unspecified atom stereocenters. The van der Waals surface area contributed by atoms with Crippen LogP contribution < -0.4 is 15.2 Å². The number of hydrogen-bond acceptors (Lipinski definition) is 7. The van der Waals surface area contributed by atoms with Crippen LogP contribution in [-0.4, -0.2) is 43.9 Å². The van der Waals surface area contributed by atoms with E-state index in [-0.39, 0.29) is 30.2 Å². The van der Waals surface area contributed by atoms with E-state index in [1.807, 2.05) is 6.92 Å². The standard InChI is InChI=1S/C26H23F2N3O4/c1-25(11-33-12-25)13-34-16-8-19-23(20(27)9-16)35-21-5-4-15(17-3-2-6-30-24(17)28)7-18(21)26(19)14-32-10-22(29)31-26/h2-9H,10-14H2,1H3,(H2,29,31)/t26-/m0/s1. The number of hydrogen-bond donors (Lipinski definition) is 1. The second kappa shape index (κ2) is 8.00. The summed E-state index contributed by atoms with van der Waals surface area (Å²) in [6, 6.07) is 11.5. The average molecular weight is 479 g/mol. The van der Waals surface area contributed by atoms with Crippen molar-refractivity contribution in [1.82, 2.24) is 4.98 Å². The summed E-state index contributed by atoms with van der Waals surface area (Å²) in [6.45, 7) is 3.85. The van der Waals surface area contributed by atoms with Crippen LogP contribution in [0.15, 0.2) is 53.7 Å². The van der Waals surface area contributed by atoms with E-state index in [2.05, 4.69) is 4.98 Å². The maximum atomic E-state index is 15.4. The summed E-state index contributed by atoms with van der Waals surface area (Å²) in [5.41, 5.74) is 6.73. The molecule has 0 bridgehead atoms. The van der Waals surface area contributed by atoms with Gasteiger partial charge in [0.05, 0.1) is 26.4 Å². The predicted octanol–water partition coefficient (Wildman–Crippen LogP) is 4.18. The number of ether oxygens (including phenoxy) is 4. The van der Waals surface area contributed by atoms with Gasteiger partial charge in [0.15, 0.2) is 11.6 Å². The first kappa shape index (κ1) is 21.9. The van der Waals surface area contributed by atoms with Gasteiger partial charge in [0.2, 0.25) is 5.95 Å². The van der Waals surface area contributed by atoms with E-state index >= 15 is 4.39 Å². The molecule has 1 spiro atoms. The smallest absolute Gasteiger partial charge is 0.220 e. The van der Waals surface area contributed by atoms with Gasteiger partial charge in [-0.25, -0.2) is 9.37 Å². The molecular formula is C26H23F2N3O4. The van der Waals surface area contributed by atoms with Gasteiger partial charge < -0.3 is 24.7 Å². The summed E-state index contributed by atoms with van der Waals surface area (Å²) >= 11 is 0. The highest BCUT2D eigenvalue weighted by Crippen LogP contribution is 2.53. The fraction of sp³-hybridized carbons (Fsp3) is 0.308. The van der Waals surface area contributed by atoms with Crippen LogP contribution in [0.4, 0.5) is 8.78 Å². The number of benzene rings is 2. The van der Waals surface area contributed by atoms with Gasteiger partial charge in [-0.2, -0.15) is 4.39 Å². The van der Waals surface area contributed by atoms with Crippen LogP contribution in [0.3, 0.4) is 0 Å². The van der Waals surface area contributed by atoms with Crippen molar-refractivity contribution < 1.29 is 27.7 Å². The van der Waals surface area contributed by atoms with Gasteiger partial charge in [-0.1, -0.05) is 13.0 Å². The summed E-state index contributed by atoms with van der Waals surface area (Å²) in [6.07, 6.45) is 1.39. The lowest BCUT2D eigenvalue weighted by molar-refractivity contribution is -0.120. The van der Waals surface area contributed by atoms with Crippen molar-refractivity contribution in [3.8, 4) is 28.4 Å². The Kier molecular flexibility index (Phi) is 5.01. The third-order valence-corrected chi connectivity index (χ3v) is 6.55. The number of halogens is 2. The first-order valence-electron chi connectivity index (χ1n) is 11.3. The van der Waals surface area contributed by atoms with Gasteiger partial charge in [0.1, 0.15) is 29.5 Å². The first-order valence-corrected chi connectivity index (χ1v) is 11.3. The van der Waals surface area contributed by atoms with E-state index in [1.165, 1.54) is 12.3 Å². The van der Waals surface area contributed by atoms with Crippen molar-refractivity contribution in [3.05, 3.63) is 71.6 Å². The Morgan fingerprint density at radius 2 is 1.91 bits per heavy atom. The number of aliphatic imine (C=N–C) groups is 1. The van der Waals surface area contributed by atoms with E-state index in [0.717, 1.165) is 0 Å². The third-order valence-electron chi connectivity index (χ3n) is 6.55. The summed E-state index contributed by atoms with van der Waals surface area (Å²) in [7, 11) is 0. The molecule has 180 valence electrons. The minimum Gasteiger partial charge on any atom is -0.493 e.